The van der Waals surface area contributed by atoms with Gasteiger partial charge in [-0.25, -0.2) is 0 Å². The van der Waals surface area contributed by atoms with Gasteiger partial charge in [0.05, 0.1) is 32.5 Å². The van der Waals surface area contributed by atoms with E-state index in [0.29, 0.717) is 39.1 Å². The summed E-state index contributed by atoms with van der Waals surface area (Å²) in [4.78, 5) is 11.7. The Morgan fingerprint density at radius 2 is 1.95 bits per heavy atom. The van der Waals surface area contributed by atoms with Gasteiger partial charge in [-0.05, 0) is 12.8 Å². The molecule has 1 saturated carbocycles. The van der Waals surface area contributed by atoms with Crippen LogP contribution in [0.3, 0.4) is 0 Å². The Morgan fingerprint density at radius 3 is 2.63 bits per heavy atom. The molecule has 2 fully saturated rings. The first kappa shape index (κ1) is 14.8. The van der Waals surface area contributed by atoms with Gasteiger partial charge in [-0.3, -0.25) is 4.79 Å². The molecule has 0 aromatic heterocycles. The van der Waals surface area contributed by atoms with E-state index >= 15 is 0 Å². The van der Waals surface area contributed by atoms with Crippen molar-refractivity contribution in [2.45, 2.75) is 50.7 Å². The number of rotatable bonds is 5. The third-order valence-corrected chi connectivity index (χ3v) is 3.67. The molecule has 0 bridgehead atoms. The molecule has 0 aromatic rings. The van der Waals surface area contributed by atoms with Crippen molar-refractivity contribution >= 4 is 5.91 Å². The largest absolute Gasteiger partial charge is 0.376 e. The van der Waals surface area contributed by atoms with Gasteiger partial charge < -0.3 is 19.5 Å². The summed E-state index contributed by atoms with van der Waals surface area (Å²) in [5, 5.41) is 2.84. The maximum absolute atomic E-state index is 11.7. The van der Waals surface area contributed by atoms with Gasteiger partial charge in [-0.2, -0.15) is 0 Å². The smallest absolute Gasteiger partial charge is 0.251 e. The Labute approximate surface area is 115 Å². The Morgan fingerprint density at radius 1 is 1.16 bits per heavy atom. The second-order valence-corrected chi connectivity index (χ2v) is 5.21. The first-order chi connectivity index (χ1) is 9.36. The topological polar surface area (TPSA) is 56.8 Å². The van der Waals surface area contributed by atoms with E-state index in [9.17, 15) is 4.79 Å². The lowest BCUT2D eigenvalue weighted by molar-refractivity contribution is -0.147. The zero-order chi connectivity index (χ0) is 13.3. The van der Waals surface area contributed by atoms with Crippen LogP contribution in [-0.2, 0) is 19.0 Å². The molecular formula is C14H25NO4. The predicted molar refractivity (Wildman–Crippen MR) is 71.0 cm³/mol. The van der Waals surface area contributed by atoms with Crippen molar-refractivity contribution in [2.75, 3.05) is 33.0 Å². The molecule has 5 nitrogen and oxygen atoms in total. The average molecular weight is 271 g/mol. The summed E-state index contributed by atoms with van der Waals surface area (Å²) in [6.45, 7) is 2.57. The summed E-state index contributed by atoms with van der Waals surface area (Å²) in [7, 11) is 0. The van der Waals surface area contributed by atoms with Crippen LogP contribution in [0.2, 0.25) is 0 Å². The molecule has 19 heavy (non-hydrogen) atoms. The van der Waals surface area contributed by atoms with Crippen molar-refractivity contribution in [3.05, 3.63) is 0 Å². The lowest BCUT2D eigenvalue weighted by Crippen LogP contribution is -2.43. The fraction of sp³-hybridized carbons (Fsp3) is 0.929. The van der Waals surface area contributed by atoms with Gasteiger partial charge in [0.2, 0.25) is 0 Å². The summed E-state index contributed by atoms with van der Waals surface area (Å²) in [6.07, 6.45) is 7.45. The average Bonchev–Trinajstić information content (AvgIpc) is 2.73. The normalized spacial score (nSPS) is 25.8. The molecule has 2 rings (SSSR count). The minimum Gasteiger partial charge on any atom is -0.376 e. The fourth-order valence-corrected chi connectivity index (χ4v) is 2.56. The highest BCUT2D eigenvalue weighted by Crippen LogP contribution is 2.19. The molecule has 1 amide bonds. The molecule has 0 spiro atoms. The van der Waals surface area contributed by atoms with Crippen molar-refractivity contribution in [1.29, 1.82) is 0 Å². The predicted octanol–water partition coefficient (Wildman–Crippen LogP) is 1.26. The van der Waals surface area contributed by atoms with Crippen molar-refractivity contribution in [3.8, 4) is 0 Å². The zero-order valence-electron chi connectivity index (χ0n) is 11.6. The van der Waals surface area contributed by atoms with E-state index in [1.807, 2.05) is 0 Å². The van der Waals surface area contributed by atoms with Crippen molar-refractivity contribution in [1.82, 2.24) is 5.32 Å². The van der Waals surface area contributed by atoms with E-state index in [1.165, 1.54) is 25.7 Å². The van der Waals surface area contributed by atoms with Crippen LogP contribution in [0.25, 0.3) is 0 Å². The number of amides is 1. The highest BCUT2D eigenvalue weighted by molar-refractivity contribution is 5.80. The van der Waals surface area contributed by atoms with Crippen LogP contribution in [-0.4, -0.2) is 51.1 Å². The summed E-state index contributed by atoms with van der Waals surface area (Å²) in [6, 6.07) is 0. The first-order valence-corrected chi connectivity index (χ1v) is 7.45. The van der Waals surface area contributed by atoms with Crippen LogP contribution in [0.15, 0.2) is 0 Å². The maximum atomic E-state index is 11.7. The van der Waals surface area contributed by atoms with Crippen molar-refractivity contribution in [3.63, 3.8) is 0 Å². The lowest BCUT2D eigenvalue weighted by Gasteiger charge is -2.22. The Kier molecular flexibility index (Phi) is 6.61. The SMILES string of the molecule is O=C(NCCOC1CCCCCC1)C1COCCO1. The second-order valence-electron chi connectivity index (χ2n) is 5.21. The van der Waals surface area contributed by atoms with Gasteiger partial charge in [0.25, 0.3) is 5.91 Å². The van der Waals surface area contributed by atoms with E-state index < -0.39 is 6.10 Å². The third-order valence-electron chi connectivity index (χ3n) is 3.67. The molecule has 5 heteroatoms. The first-order valence-electron chi connectivity index (χ1n) is 7.45. The van der Waals surface area contributed by atoms with Crippen molar-refractivity contribution < 1.29 is 19.0 Å². The van der Waals surface area contributed by atoms with Gasteiger partial charge in [0, 0.05) is 6.54 Å². The van der Waals surface area contributed by atoms with E-state index in [-0.39, 0.29) is 5.91 Å². The number of carbonyl (C=O) groups is 1. The number of hydrogen-bond acceptors (Lipinski definition) is 4. The number of hydrogen-bond donors (Lipinski definition) is 1. The maximum Gasteiger partial charge on any atom is 0.251 e. The van der Waals surface area contributed by atoms with Crippen LogP contribution >= 0.6 is 0 Å². The zero-order valence-corrected chi connectivity index (χ0v) is 11.6. The minimum atomic E-state index is -0.452. The molecule has 0 radical (unpaired) electrons. The van der Waals surface area contributed by atoms with Gasteiger partial charge in [-0.15, -0.1) is 0 Å². The Balaban J connectivity index is 1.54. The molecule has 2 aliphatic rings. The van der Waals surface area contributed by atoms with Crippen LogP contribution in [0.1, 0.15) is 38.5 Å². The molecule has 1 atom stereocenters. The van der Waals surface area contributed by atoms with Crippen molar-refractivity contribution in [2.24, 2.45) is 0 Å². The minimum absolute atomic E-state index is 0.0934. The molecule has 1 heterocycles. The summed E-state index contributed by atoms with van der Waals surface area (Å²) < 4.78 is 16.3. The van der Waals surface area contributed by atoms with Gasteiger partial charge in [-0.1, -0.05) is 25.7 Å². The highest BCUT2D eigenvalue weighted by atomic mass is 16.6. The lowest BCUT2D eigenvalue weighted by atomic mass is 10.1. The molecule has 1 unspecified atom stereocenters. The molecule has 1 saturated heterocycles. The molecule has 1 N–H and O–H groups in total. The van der Waals surface area contributed by atoms with Crippen LogP contribution in [0.4, 0.5) is 0 Å². The molecular weight excluding hydrogens is 246 g/mol. The van der Waals surface area contributed by atoms with Crippen LogP contribution in [0.5, 0.6) is 0 Å². The fourth-order valence-electron chi connectivity index (χ4n) is 2.56. The summed E-state index contributed by atoms with van der Waals surface area (Å²) in [5.41, 5.74) is 0. The van der Waals surface area contributed by atoms with Gasteiger partial charge in [0.1, 0.15) is 0 Å². The Bertz CT molecular complexity index is 258. The third kappa shape index (κ3) is 5.47. The van der Waals surface area contributed by atoms with E-state index in [1.54, 1.807) is 0 Å². The molecule has 0 aromatic carbocycles. The second kappa shape index (κ2) is 8.51. The number of carbonyl (C=O) groups excluding carboxylic acids is 1. The quantitative estimate of drug-likeness (QED) is 0.604. The van der Waals surface area contributed by atoms with E-state index in [0.717, 1.165) is 12.8 Å². The standard InChI is InChI=1S/C14H25NO4/c16-14(13-11-17-9-10-19-13)15-7-8-18-12-5-3-1-2-4-6-12/h12-13H,1-11H2,(H,15,16). The Hall–Kier alpha value is -0.650. The van der Waals surface area contributed by atoms with Gasteiger partial charge in [0.15, 0.2) is 6.10 Å². The summed E-state index contributed by atoms with van der Waals surface area (Å²) >= 11 is 0. The van der Waals surface area contributed by atoms with Crippen LogP contribution in [0, 0.1) is 0 Å². The van der Waals surface area contributed by atoms with Crippen LogP contribution < -0.4 is 5.32 Å². The van der Waals surface area contributed by atoms with Gasteiger partial charge >= 0.3 is 0 Å². The van der Waals surface area contributed by atoms with E-state index in [4.69, 9.17) is 14.2 Å². The molecule has 110 valence electrons. The number of nitrogens with one attached hydrogen (secondary N) is 1. The molecule has 1 aliphatic heterocycles. The number of ether oxygens (including phenoxy) is 3. The van der Waals surface area contributed by atoms with E-state index in [2.05, 4.69) is 5.32 Å². The summed E-state index contributed by atoms with van der Waals surface area (Å²) in [5.74, 6) is -0.0934. The monoisotopic (exact) mass is 271 g/mol. The highest BCUT2D eigenvalue weighted by Gasteiger charge is 2.22. The molecule has 1 aliphatic carbocycles.